The number of hydrogen-bond acceptors (Lipinski definition) is 0. The Kier molecular flexibility index (Phi) is 3.43. The Bertz CT molecular complexity index is 152. The molecule has 0 spiro atoms. The van der Waals surface area contributed by atoms with Crippen molar-refractivity contribution in [2.24, 2.45) is 23.2 Å². The van der Waals surface area contributed by atoms with E-state index in [0.717, 1.165) is 17.8 Å². The first-order valence-electron chi connectivity index (χ1n) is 6.00. The van der Waals surface area contributed by atoms with Crippen LogP contribution in [0.3, 0.4) is 0 Å². The number of rotatable bonds is 3. The first-order chi connectivity index (χ1) is 6.00. The van der Waals surface area contributed by atoms with Crippen LogP contribution in [0.1, 0.15) is 60.3 Å². The van der Waals surface area contributed by atoms with E-state index in [0.29, 0.717) is 5.41 Å². The van der Waals surface area contributed by atoms with Crippen molar-refractivity contribution in [2.75, 3.05) is 0 Å². The van der Waals surface area contributed by atoms with Gasteiger partial charge in [0.1, 0.15) is 0 Å². The molecule has 3 atom stereocenters. The van der Waals surface area contributed by atoms with Crippen molar-refractivity contribution in [3.05, 3.63) is 0 Å². The monoisotopic (exact) mass is 182 g/mol. The van der Waals surface area contributed by atoms with Gasteiger partial charge in [0.2, 0.25) is 0 Å². The maximum absolute atomic E-state index is 2.41. The Hall–Kier alpha value is 0. The highest BCUT2D eigenvalue weighted by Gasteiger charge is 2.44. The van der Waals surface area contributed by atoms with Gasteiger partial charge in [-0.25, -0.2) is 0 Å². The summed E-state index contributed by atoms with van der Waals surface area (Å²) in [5, 5.41) is 0. The first kappa shape index (κ1) is 11.1. The second-order valence-corrected chi connectivity index (χ2v) is 5.83. The summed E-state index contributed by atoms with van der Waals surface area (Å²) in [7, 11) is 0. The Morgan fingerprint density at radius 3 is 2.15 bits per heavy atom. The van der Waals surface area contributed by atoms with Gasteiger partial charge in [0.25, 0.3) is 0 Å². The first-order valence-corrected chi connectivity index (χ1v) is 6.00. The molecule has 0 nitrogen and oxygen atoms in total. The van der Waals surface area contributed by atoms with Gasteiger partial charge >= 0.3 is 0 Å². The zero-order chi connectivity index (χ0) is 10.1. The molecule has 0 amide bonds. The molecule has 0 bridgehead atoms. The summed E-state index contributed by atoms with van der Waals surface area (Å²) in [4.78, 5) is 0. The van der Waals surface area contributed by atoms with E-state index in [1.165, 1.54) is 25.7 Å². The van der Waals surface area contributed by atoms with Crippen LogP contribution < -0.4 is 0 Å². The normalized spacial score (nSPS) is 34.4. The molecule has 13 heavy (non-hydrogen) atoms. The third kappa shape index (κ3) is 2.27. The molecular weight excluding hydrogens is 156 g/mol. The standard InChI is InChI=1S/C13H26/c1-6-8-10-9-12(11(10)7-2)13(3,4)5/h10-12H,6-9H2,1-5H3. The molecule has 1 fully saturated rings. The van der Waals surface area contributed by atoms with Crippen molar-refractivity contribution in [3.8, 4) is 0 Å². The molecule has 78 valence electrons. The predicted molar refractivity (Wildman–Crippen MR) is 59.7 cm³/mol. The molecule has 0 N–H and O–H groups in total. The smallest absolute Gasteiger partial charge is 0.0332 e. The van der Waals surface area contributed by atoms with E-state index in [2.05, 4.69) is 34.6 Å². The average molecular weight is 182 g/mol. The predicted octanol–water partition coefficient (Wildman–Crippen LogP) is 4.49. The average Bonchev–Trinajstić information content (AvgIpc) is 1.95. The summed E-state index contributed by atoms with van der Waals surface area (Å²) in [5.74, 6) is 3.08. The van der Waals surface area contributed by atoms with Crippen molar-refractivity contribution in [3.63, 3.8) is 0 Å². The highest BCUT2D eigenvalue weighted by atomic mass is 14.5. The Labute approximate surface area is 84.1 Å². The summed E-state index contributed by atoms with van der Waals surface area (Å²) < 4.78 is 0. The maximum Gasteiger partial charge on any atom is -0.0332 e. The lowest BCUT2D eigenvalue weighted by atomic mass is 9.54. The van der Waals surface area contributed by atoms with Crippen LogP contribution in [0, 0.1) is 23.2 Å². The molecule has 3 unspecified atom stereocenters. The van der Waals surface area contributed by atoms with Gasteiger partial charge < -0.3 is 0 Å². The molecule has 1 saturated carbocycles. The topological polar surface area (TPSA) is 0 Å². The lowest BCUT2D eigenvalue weighted by Gasteiger charge is -2.51. The molecule has 0 aromatic rings. The van der Waals surface area contributed by atoms with Crippen molar-refractivity contribution in [2.45, 2.75) is 60.3 Å². The molecule has 1 aliphatic rings. The van der Waals surface area contributed by atoms with Crippen LogP contribution >= 0.6 is 0 Å². The van der Waals surface area contributed by atoms with Gasteiger partial charge in [-0.05, 0) is 29.6 Å². The van der Waals surface area contributed by atoms with E-state index < -0.39 is 0 Å². The van der Waals surface area contributed by atoms with Gasteiger partial charge in [-0.15, -0.1) is 0 Å². The molecule has 1 aliphatic carbocycles. The summed E-state index contributed by atoms with van der Waals surface area (Å²) in [5.41, 5.74) is 0.547. The van der Waals surface area contributed by atoms with E-state index in [-0.39, 0.29) is 0 Å². The minimum atomic E-state index is 0.547. The van der Waals surface area contributed by atoms with Crippen LogP contribution in [0.25, 0.3) is 0 Å². The van der Waals surface area contributed by atoms with Crippen molar-refractivity contribution in [1.82, 2.24) is 0 Å². The SMILES string of the molecule is CCCC1CC(C(C)(C)C)C1CC. The van der Waals surface area contributed by atoms with Gasteiger partial charge in [0, 0.05) is 0 Å². The largest absolute Gasteiger partial charge is 0.0654 e. The molecule has 0 heteroatoms. The van der Waals surface area contributed by atoms with E-state index in [9.17, 15) is 0 Å². The molecule has 1 rings (SSSR count). The molecule has 0 aliphatic heterocycles. The third-order valence-corrected chi connectivity index (χ3v) is 3.92. The molecule has 0 aromatic carbocycles. The third-order valence-electron chi connectivity index (χ3n) is 3.92. The minimum Gasteiger partial charge on any atom is -0.0654 e. The van der Waals surface area contributed by atoms with Crippen LogP contribution in [0.2, 0.25) is 0 Å². The van der Waals surface area contributed by atoms with Crippen LogP contribution in [0.4, 0.5) is 0 Å². The van der Waals surface area contributed by atoms with Gasteiger partial charge in [-0.2, -0.15) is 0 Å². The zero-order valence-corrected chi connectivity index (χ0v) is 10.1. The zero-order valence-electron chi connectivity index (χ0n) is 10.1. The highest BCUT2D eigenvalue weighted by Crippen LogP contribution is 2.52. The van der Waals surface area contributed by atoms with Gasteiger partial charge in [0.05, 0.1) is 0 Å². The lowest BCUT2D eigenvalue weighted by molar-refractivity contribution is -0.0186. The van der Waals surface area contributed by atoms with Crippen molar-refractivity contribution < 1.29 is 0 Å². The molecule has 0 heterocycles. The number of hydrogen-bond donors (Lipinski definition) is 0. The van der Waals surface area contributed by atoms with Gasteiger partial charge in [-0.1, -0.05) is 53.9 Å². The lowest BCUT2D eigenvalue weighted by Crippen LogP contribution is -2.43. The molecule has 0 aromatic heterocycles. The minimum absolute atomic E-state index is 0.547. The van der Waals surface area contributed by atoms with E-state index in [4.69, 9.17) is 0 Å². The Morgan fingerprint density at radius 1 is 1.15 bits per heavy atom. The summed E-state index contributed by atoms with van der Waals surface area (Å²) in [6, 6.07) is 0. The summed E-state index contributed by atoms with van der Waals surface area (Å²) in [6.07, 6.45) is 5.73. The Balaban J connectivity index is 2.47. The van der Waals surface area contributed by atoms with Crippen LogP contribution in [0.5, 0.6) is 0 Å². The van der Waals surface area contributed by atoms with Gasteiger partial charge in [0.15, 0.2) is 0 Å². The van der Waals surface area contributed by atoms with Crippen LogP contribution in [-0.4, -0.2) is 0 Å². The van der Waals surface area contributed by atoms with Crippen LogP contribution in [-0.2, 0) is 0 Å². The van der Waals surface area contributed by atoms with Crippen molar-refractivity contribution >= 4 is 0 Å². The highest BCUT2D eigenvalue weighted by molar-refractivity contribution is 4.93. The molecule has 0 saturated heterocycles. The van der Waals surface area contributed by atoms with Crippen LogP contribution in [0.15, 0.2) is 0 Å². The Morgan fingerprint density at radius 2 is 1.77 bits per heavy atom. The molecular formula is C13H26. The quantitative estimate of drug-likeness (QED) is 0.603. The second kappa shape index (κ2) is 4.02. The van der Waals surface area contributed by atoms with Crippen molar-refractivity contribution in [1.29, 1.82) is 0 Å². The fourth-order valence-corrected chi connectivity index (χ4v) is 3.12. The fourth-order valence-electron chi connectivity index (χ4n) is 3.12. The fraction of sp³-hybridized carbons (Fsp3) is 1.00. The van der Waals surface area contributed by atoms with E-state index in [1.807, 2.05) is 0 Å². The van der Waals surface area contributed by atoms with E-state index >= 15 is 0 Å². The second-order valence-electron chi connectivity index (χ2n) is 5.83. The molecule has 0 radical (unpaired) electrons. The van der Waals surface area contributed by atoms with E-state index in [1.54, 1.807) is 0 Å². The van der Waals surface area contributed by atoms with Gasteiger partial charge in [-0.3, -0.25) is 0 Å². The maximum atomic E-state index is 2.41. The summed E-state index contributed by atoms with van der Waals surface area (Å²) in [6.45, 7) is 11.9. The summed E-state index contributed by atoms with van der Waals surface area (Å²) >= 11 is 0.